The van der Waals surface area contributed by atoms with E-state index in [1.807, 2.05) is 60.7 Å². The number of ether oxygens (including phenoxy) is 2. The van der Waals surface area contributed by atoms with Crippen LogP contribution in [0, 0.1) is 5.82 Å². The molecule has 5 rings (SSSR count). The van der Waals surface area contributed by atoms with E-state index < -0.39 is 19.9 Å². The molecule has 0 unspecified atom stereocenters. The van der Waals surface area contributed by atoms with Crippen LogP contribution in [-0.4, -0.2) is 24.5 Å². The van der Waals surface area contributed by atoms with Crippen molar-refractivity contribution in [3.8, 4) is 17.4 Å². The largest absolute Gasteiger partial charge is 0.473 e. The summed E-state index contributed by atoms with van der Waals surface area (Å²) in [5, 5.41) is 0.0516. The van der Waals surface area contributed by atoms with E-state index in [1.165, 1.54) is 4.57 Å². The Morgan fingerprint density at radius 1 is 0.860 bits per heavy atom. The Morgan fingerprint density at radius 3 is 2.12 bits per heavy atom. The lowest BCUT2D eigenvalue weighted by Crippen LogP contribution is -2.41. The number of halogens is 1. The zero-order chi connectivity index (χ0) is 30.6. The third-order valence-electron chi connectivity index (χ3n) is 7.91. The second-order valence-corrected chi connectivity index (χ2v) is 16.8. The number of hydrogen-bond acceptors (Lipinski definition) is 6. The van der Waals surface area contributed by atoms with Gasteiger partial charge in [-0.05, 0) is 53.4 Å². The van der Waals surface area contributed by atoms with Gasteiger partial charge in [-0.1, -0.05) is 87.5 Å². The molecular weight excluding hydrogens is 563 g/mol. The van der Waals surface area contributed by atoms with E-state index in [4.69, 9.17) is 18.3 Å². The Balaban J connectivity index is 1.45. The quantitative estimate of drug-likeness (QED) is 0.144. The summed E-state index contributed by atoms with van der Waals surface area (Å²) in [5.41, 5.74) is 2.81. The van der Waals surface area contributed by atoms with E-state index in [0.717, 1.165) is 11.1 Å². The molecule has 0 amide bonds. The van der Waals surface area contributed by atoms with Crippen LogP contribution in [0.5, 0.6) is 11.8 Å². The van der Waals surface area contributed by atoms with E-state index in [-0.39, 0.29) is 28.6 Å². The summed E-state index contributed by atoms with van der Waals surface area (Å²) < 4.78 is 40.7. The van der Waals surface area contributed by atoms with E-state index in [2.05, 4.69) is 38.8 Å². The van der Waals surface area contributed by atoms with E-state index in [9.17, 15) is 4.79 Å². The highest BCUT2D eigenvalue weighted by molar-refractivity contribution is 6.74. The van der Waals surface area contributed by atoms with Gasteiger partial charge in [-0.25, -0.2) is 13.8 Å². The maximum atomic E-state index is 15.7. The summed E-state index contributed by atoms with van der Waals surface area (Å²) in [6, 6.07) is 26.0. The van der Waals surface area contributed by atoms with Crippen LogP contribution in [-0.2, 0) is 24.1 Å². The number of pyridine rings is 1. The van der Waals surface area contributed by atoms with Gasteiger partial charge in [-0.3, -0.25) is 0 Å². The van der Waals surface area contributed by atoms with Crippen molar-refractivity contribution in [3.63, 3.8) is 0 Å². The van der Waals surface area contributed by atoms with E-state index in [1.54, 1.807) is 24.3 Å². The van der Waals surface area contributed by atoms with Crippen molar-refractivity contribution < 1.29 is 22.7 Å². The highest BCUT2D eigenvalue weighted by atomic mass is 28.4. The molecule has 0 aliphatic heterocycles. The predicted molar refractivity (Wildman–Crippen MR) is 168 cm³/mol. The highest BCUT2D eigenvalue weighted by Gasteiger charge is 2.37. The fraction of sp³-hybridized carbons (Fsp3) is 0.294. The smallest absolute Gasteiger partial charge is 0.424 e. The second-order valence-electron chi connectivity index (χ2n) is 12.0. The van der Waals surface area contributed by atoms with E-state index in [0.29, 0.717) is 36.8 Å². The number of aromatic nitrogens is 2. The van der Waals surface area contributed by atoms with Gasteiger partial charge in [0.2, 0.25) is 11.8 Å². The molecule has 0 aliphatic rings. The maximum absolute atomic E-state index is 15.7. The first-order chi connectivity index (χ1) is 20.5. The van der Waals surface area contributed by atoms with Gasteiger partial charge in [0.1, 0.15) is 18.9 Å². The van der Waals surface area contributed by atoms with Gasteiger partial charge in [0.15, 0.2) is 19.7 Å². The molecule has 3 aromatic carbocycles. The van der Waals surface area contributed by atoms with Gasteiger partial charge in [0.05, 0.1) is 5.52 Å². The Hall–Kier alpha value is -4.21. The molecule has 2 heterocycles. The molecule has 0 saturated heterocycles. The fourth-order valence-corrected chi connectivity index (χ4v) is 5.42. The van der Waals surface area contributed by atoms with Crippen LogP contribution in [0.1, 0.15) is 37.5 Å². The number of hydrogen-bond donors (Lipinski definition) is 0. The van der Waals surface area contributed by atoms with Crippen molar-refractivity contribution in [1.29, 1.82) is 0 Å². The molecule has 0 N–H and O–H groups in total. The van der Waals surface area contributed by atoms with Crippen LogP contribution in [0.4, 0.5) is 4.39 Å². The van der Waals surface area contributed by atoms with Crippen molar-refractivity contribution >= 4 is 19.4 Å². The summed E-state index contributed by atoms with van der Waals surface area (Å²) in [6.07, 6.45) is 0.365. The lowest BCUT2D eigenvalue weighted by atomic mass is 10.1. The average molecular weight is 601 g/mol. The molecule has 0 atom stereocenters. The molecule has 0 bridgehead atoms. The number of fused-ring (bicyclic) bond motifs is 1. The molecule has 0 saturated carbocycles. The van der Waals surface area contributed by atoms with Crippen molar-refractivity contribution in [3.05, 3.63) is 118 Å². The summed E-state index contributed by atoms with van der Waals surface area (Å²) in [5.74, 6) is -0.833. The molecule has 224 valence electrons. The normalized spacial score (nSPS) is 12.0. The molecule has 0 radical (unpaired) electrons. The first-order valence-electron chi connectivity index (χ1n) is 14.4. The standard InChI is InChI=1S/C34H37FN2O5Si/c1-34(2,3)43(4,5)41-21-20-26-16-17-27-31(30(26)35)42-33(38)37(27)28-18-19-29(39-22-24-12-8-6-9-13-24)36-32(28)40-23-25-14-10-7-11-15-25/h6-19H,20-23H2,1-5H3. The average Bonchev–Trinajstić information content (AvgIpc) is 3.33. The summed E-state index contributed by atoms with van der Waals surface area (Å²) >= 11 is 0. The molecule has 43 heavy (non-hydrogen) atoms. The highest BCUT2D eigenvalue weighted by Crippen LogP contribution is 2.37. The molecule has 2 aromatic heterocycles. The van der Waals surface area contributed by atoms with Crippen molar-refractivity contribution in [2.75, 3.05) is 6.61 Å². The first kappa shape index (κ1) is 30.3. The van der Waals surface area contributed by atoms with Crippen molar-refractivity contribution in [1.82, 2.24) is 9.55 Å². The van der Waals surface area contributed by atoms with Gasteiger partial charge in [0, 0.05) is 12.7 Å². The fourth-order valence-electron chi connectivity index (χ4n) is 4.38. The molecule has 7 nitrogen and oxygen atoms in total. The molecule has 9 heteroatoms. The van der Waals surface area contributed by atoms with Crippen LogP contribution in [0.2, 0.25) is 18.1 Å². The topological polar surface area (TPSA) is 75.7 Å². The minimum absolute atomic E-state index is 0.0516. The van der Waals surface area contributed by atoms with Gasteiger partial charge < -0.3 is 18.3 Å². The number of rotatable bonds is 11. The van der Waals surface area contributed by atoms with Crippen molar-refractivity contribution in [2.24, 2.45) is 0 Å². The lowest BCUT2D eigenvalue weighted by molar-refractivity contribution is 0.267. The first-order valence-corrected chi connectivity index (χ1v) is 17.3. The third kappa shape index (κ3) is 6.89. The Labute approximate surface area is 252 Å². The van der Waals surface area contributed by atoms with E-state index >= 15 is 4.39 Å². The number of oxazole rings is 1. The number of nitrogens with zero attached hydrogens (tertiary/aromatic N) is 2. The van der Waals surface area contributed by atoms with Crippen molar-refractivity contribution in [2.45, 2.75) is 58.5 Å². The zero-order valence-corrected chi connectivity index (χ0v) is 26.2. The third-order valence-corrected chi connectivity index (χ3v) is 12.5. The monoisotopic (exact) mass is 600 g/mol. The molecule has 0 spiro atoms. The van der Waals surface area contributed by atoms with Gasteiger partial charge >= 0.3 is 5.76 Å². The number of benzene rings is 3. The SMILES string of the molecule is CC(C)(C)[Si](C)(C)OCCc1ccc2c(oc(=O)n2-c2ccc(OCc3ccccc3)nc2OCc2ccccc2)c1F. The van der Waals surface area contributed by atoms with Gasteiger partial charge in [-0.15, -0.1) is 0 Å². The van der Waals surface area contributed by atoms with Crippen LogP contribution in [0.25, 0.3) is 16.8 Å². The van der Waals surface area contributed by atoms with Crippen LogP contribution < -0.4 is 15.2 Å². The van der Waals surface area contributed by atoms with Gasteiger partial charge in [0.25, 0.3) is 0 Å². The summed E-state index contributed by atoms with van der Waals surface area (Å²) in [7, 11) is -1.98. The Bertz CT molecular complexity index is 1740. The van der Waals surface area contributed by atoms with Crippen LogP contribution in [0.3, 0.4) is 0 Å². The molecule has 0 fully saturated rings. The lowest BCUT2D eigenvalue weighted by Gasteiger charge is -2.36. The maximum Gasteiger partial charge on any atom is 0.424 e. The summed E-state index contributed by atoms with van der Waals surface area (Å²) in [4.78, 5) is 17.8. The second kappa shape index (κ2) is 12.6. The Morgan fingerprint density at radius 2 is 1.49 bits per heavy atom. The zero-order valence-electron chi connectivity index (χ0n) is 25.2. The molecule has 5 aromatic rings. The summed E-state index contributed by atoms with van der Waals surface area (Å²) in [6.45, 7) is 11.7. The molecular formula is C34H37FN2O5Si. The molecule has 0 aliphatic carbocycles. The van der Waals surface area contributed by atoms with Crippen LogP contribution >= 0.6 is 0 Å². The van der Waals surface area contributed by atoms with Gasteiger partial charge in [-0.2, -0.15) is 4.98 Å². The van der Waals surface area contributed by atoms with Crippen LogP contribution in [0.15, 0.2) is 94.1 Å². The minimum Gasteiger partial charge on any atom is -0.473 e. The minimum atomic E-state index is -1.98. The Kier molecular flexibility index (Phi) is 8.84. The predicted octanol–water partition coefficient (Wildman–Crippen LogP) is 7.84.